The van der Waals surface area contributed by atoms with Crippen molar-refractivity contribution < 1.29 is 18.0 Å². The molecule has 1 atom stereocenters. The van der Waals surface area contributed by atoms with Crippen LogP contribution in [0.1, 0.15) is 50.8 Å². The van der Waals surface area contributed by atoms with Crippen LogP contribution in [0.4, 0.5) is 5.69 Å². The van der Waals surface area contributed by atoms with Gasteiger partial charge in [0.15, 0.2) is 0 Å². The smallest absolute Gasteiger partial charge is 0.267 e. The normalized spacial score (nSPS) is 15.4. The molecule has 0 aliphatic carbocycles. The molecule has 3 rings (SSSR count). The number of hydrogen-bond acceptors (Lipinski definition) is 5. The second-order valence-corrected chi connectivity index (χ2v) is 9.88. The van der Waals surface area contributed by atoms with Crippen LogP contribution in [0, 0.1) is 6.92 Å². The fourth-order valence-corrected chi connectivity index (χ4v) is 5.14. The van der Waals surface area contributed by atoms with E-state index in [0.29, 0.717) is 18.8 Å². The molecule has 176 valence electrons. The lowest BCUT2D eigenvalue weighted by atomic mass is 10.1. The predicted octanol–water partition coefficient (Wildman–Crippen LogP) is 3.39. The fourth-order valence-electron chi connectivity index (χ4n) is 3.68. The van der Waals surface area contributed by atoms with Crippen LogP contribution in [-0.2, 0) is 19.6 Å². The highest BCUT2D eigenvalue weighted by Crippen LogP contribution is 2.23. The number of sulfonamides is 1. The third kappa shape index (κ3) is 5.48. The number of carbonyl (C=O) groups is 2. The van der Waals surface area contributed by atoms with E-state index in [0.717, 1.165) is 11.1 Å². The zero-order chi connectivity index (χ0) is 24.2. The lowest BCUT2D eigenvalue weighted by molar-refractivity contribution is -0.119. The first-order valence-electron chi connectivity index (χ1n) is 11.1. The van der Waals surface area contributed by atoms with E-state index in [-0.39, 0.29) is 41.3 Å². The maximum absolute atomic E-state index is 12.8. The minimum Gasteiger partial charge on any atom is -0.344 e. The van der Waals surface area contributed by atoms with Crippen LogP contribution >= 0.6 is 0 Å². The van der Waals surface area contributed by atoms with Gasteiger partial charge in [-0.2, -0.15) is 9.41 Å². The fraction of sp³-hybridized carbons (Fsp3) is 0.375. The SMILES string of the molecule is CCN(CC)S(=O)(=O)c1ccc(C(C)NC(=O)C2=NN(c3cccc(C)c3)C(=O)CC2)cc1. The van der Waals surface area contributed by atoms with E-state index in [1.165, 1.54) is 9.31 Å². The van der Waals surface area contributed by atoms with E-state index >= 15 is 0 Å². The third-order valence-electron chi connectivity index (χ3n) is 5.61. The standard InChI is InChI=1S/C24H30N4O4S/c1-5-27(6-2)33(31,32)21-12-10-19(11-13-21)18(4)25-24(30)22-14-15-23(29)28(26-22)20-9-7-8-17(3)16-20/h7-13,16,18H,5-6,14-15H2,1-4H3,(H,25,30). The topological polar surface area (TPSA) is 99.2 Å². The van der Waals surface area contributed by atoms with Crippen molar-refractivity contribution in [1.29, 1.82) is 0 Å². The van der Waals surface area contributed by atoms with Gasteiger partial charge in [0.05, 0.1) is 16.6 Å². The number of aryl methyl sites for hydroxylation is 1. The zero-order valence-corrected chi connectivity index (χ0v) is 20.2. The van der Waals surface area contributed by atoms with Gasteiger partial charge in [0, 0.05) is 25.9 Å². The summed E-state index contributed by atoms with van der Waals surface area (Å²) in [6, 6.07) is 13.5. The Morgan fingerprint density at radius 3 is 2.39 bits per heavy atom. The minimum atomic E-state index is -3.54. The number of hydrazone groups is 1. The van der Waals surface area contributed by atoms with Crippen molar-refractivity contribution in [3.63, 3.8) is 0 Å². The first-order valence-corrected chi connectivity index (χ1v) is 12.5. The molecule has 0 fully saturated rings. The monoisotopic (exact) mass is 470 g/mol. The first kappa shape index (κ1) is 24.6. The number of carbonyl (C=O) groups excluding carboxylic acids is 2. The molecular formula is C24H30N4O4S. The Bertz CT molecular complexity index is 1160. The Morgan fingerprint density at radius 1 is 1.12 bits per heavy atom. The summed E-state index contributed by atoms with van der Waals surface area (Å²) in [7, 11) is -3.54. The molecule has 2 aromatic rings. The van der Waals surface area contributed by atoms with Crippen LogP contribution in [-0.4, -0.2) is 43.3 Å². The van der Waals surface area contributed by atoms with E-state index in [1.54, 1.807) is 44.2 Å². The summed E-state index contributed by atoms with van der Waals surface area (Å²) >= 11 is 0. The van der Waals surface area contributed by atoms with Crippen LogP contribution in [0.15, 0.2) is 58.5 Å². The molecule has 0 saturated carbocycles. The van der Waals surface area contributed by atoms with Crippen molar-refractivity contribution in [2.24, 2.45) is 5.10 Å². The molecule has 8 nitrogen and oxygen atoms in total. The van der Waals surface area contributed by atoms with Gasteiger partial charge in [-0.15, -0.1) is 0 Å². The Morgan fingerprint density at radius 2 is 1.79 bits per heavy atom. The van der Waals surface area contributed by atoms with E-state index in [2.05, 4.69) is 10.4 Å². The molecule has 0 radical (unpaired) electrons. The lowest BCUT2D eigenvalue weighted by Gasteiger charge is -2.24. The van der Waals surface area contributed by atoms with Gasteiger partial charge in [0.2, 0.25) is 15.9 Å². The van der Waals surface area contributed by atoms with Crippen LogP contribution in [0.2, 0.25) is 0 Å². The summed E-state index contributed by atoms with van der Waals surface area (Å²) in [6.07, 6.45) is 0.466. The summed E-state index contributed by atoms with van der Waals surface area (Å²) in [5.74, 6) is -0.511. The summed E-state index contributed by atoms with van der Waals surface area (Å²) in [6.45, 7) is 8.14. The Hall–Kier alpha value is -3.04. The van der Waals surface area contributed by atoms with Crippen LogP contribution in [0.25, 0.3) is 0 Å². The molecule has 33 heavy (non-hydrogen) atoms. The van der Waals surface area contributed by atoms with E-state index in [9.17, 15) is 18.0 Å². The molecule has 0 spiro atoms. The largest absolute Gasteiger partial charge is 0.344 e. The summed E-state index contributed by atoms with van der Waals surface area (Å²) in [5, 5.41) is 8.49. The molecule has 0 aromatic heterocycles. The van der Waals surface area contributed by atoms with Gasteiger partial charge in [0.25, 0.3) is 5.91 Å². The minimum absolute atomic E-state index is 0.157. The number of hydrogen-bond donors (Lipinski definition) is 1. The highest BCUT2D eigenvalue weighted by atomic mass is 32.2. The molecule has 9 heteroatoms. The quantitative estimate of drug-likeness (QED) is 0.639. The Kier molecular flexibility index (Phi) is 7.65. The van der Waals surface area contributed by atoms with E-state index in [4.69, 9.17) is 0 Å². The second kappa shape index (κ2) is 10.3. The predicted molar refractivity (Wildman–Crippen MR) is 128 cm³/mol. The zero-order valence-electron chi connectivity index (χ0n) is 19.4. The summed E-state index contributed by atoms with van der Waals surface area (Å²) < 4.78 is 26.7. The maximum Gasteiger partial charge on any atom is 0.267 e. The average Bonchev–Trinajstić information content (AvgIpc) is 2.80. The molecule has 1 aliphatic heterocycles. The maximum atomic E-state index is 12.8. The van der Waals surface area contributed by atoms with Gasteiger partial charge in [-0.05, 0) is 49.2 Å². The molecule has 1 heterocycles. The van der Waals surface area contributed by atoms with Crippen molar-refractivity contribution in [2.45, 2.75) is 51.5 Å². The number of rotatable bonds is 8. The third-order valence-corrected chi connectivity index (χ3v) is 7.68. The van der Waals surface area contributed by atoms with Crippen molar-refractivity contribution in [3.8, 4) is 0 Å². The molecule has 1 aliphatic rings. The molecular weight excluding hydrogens is 440 g/mol. The highest BCUT2D eigenvalue weighted by molar-refractivity contribution is 7.89. The van der Waals surface area contributed by atoms with Crippen molar-refractivity contribution in [1.82, 2.24) is 9.62 Å². The van der Waals surface area contributed by atoms with Gasteiger partial charge < -0.3 is 5.32 Å². The van der Waals surface area contributed by atoms with Crippen LogP contribution < -0.4 is 10.3 Å². The number of anilines is 1. The van der Waals surface area contributed by atoms with Gasteiger partial charge in [-0.3, -0.25) is 9.59 Å². The number of benzene rings is 2. The van der Waals surface area contributed by atoms with Crippen molar-refractivity contribution >= 4 is 33.2 Å². The second-order valence-electron chi connectivity index (χ2n) is 7.94. The average molecular weight is 471 g/mol. The molecule has 2 aromatic carbocycles. The molecule has 2 amide bonds. The lowest BCUT2D eigenvalue weighted by Crippen LogP contribution is -2.40. The molecule has 0 saturated heterocycles. The van der Waals surface area contributed by atoms with Crippen molar-refractivity contribution in [3.05, 3.63) is 59.7 Å². The van der Waals surface area contributed by atoms with E-state index in [1.807, 2.05) is 32.0 Å². The van der Waals surface area contributed by atoms with Crippen LogP contribution in [0.5, 0.6) is 0 Å². The van der Waals surface area contributed by atoms with E-state index < -0.39 is 10.0 Å². The summed E-state index contributed by atoms with van der Waals surface area (Å²) in [5.41, 5.74) is 2.67. The highest BCUT2D eigenvalue weighted by Gasteiger charge is 2.27. The molecule has 1 N–H and O–H groups in total. The Balaban J connectivity index is 1.73. The van der Waals surface area contributed by atoms with Crippen molar-refractivity contribution in [2.75, 3.05) is 18.1 Å². The van der Waals surface area contributed by atoms with Crippen LogP contribution in [0.3, 0.4) is 0 Å². The van der Waals surface area contributed by atoms with Gasteiger partial charge in [-0.25, -0.2) is 13.4 Å². The number of nitrogens with zero attached hydrogens (tertiary/aromatic N) is 3. The first-order chi connectivity index (χ1) is 15.7. The van der Waals surface area contributed by atoms with Gasteiger partial charge in [-0.1, -0.05) is 38.1 Å². The number of nitrogens with one attached hydrogen (secondary N) is 1. The number of amides is 2. The van der Waals surface area contributed by atoms with Gasteiger partial charge >= 0.3 is 0 Å². The molecule has 0 bridgehead atoms. The molecule has 1 unspecified atom stereocenters. The van der Waals surface area contributed by atoms with Gasteiger partial charge in [0.1, 0.15) is 5.71 Å². The summed E-state index contributed by atoms with van der Waals surface area (Å²) in [4.78, 5) is 25.4. The Labute approximate surface area is 195 Å².